The fourth-order valence-corrected chi connectivity index (χ4v) is 1.55. The zero-order valence-corrected chi connectivity index (χ0v) is 8.82. The molecule has 0 aliphatic carbocycles. The zero-order valence-electron chi connectivity index (χ0n) is 8.01. The van der Waals surface area contributed by atoms with Crippen molar-refractivity contribution in [2.45, 2.75) is 0 Å². The van der Waals surface area contributed by atoms with Crippen molar-refractivity contribution in [3.05, 3.63) is 18.2 Å². The smallest absolute Gasteiger partial charge is 0.106 e. The van der Waals surface area contributed by atoms with E-state index in [4.69, 9.17) is 0 Å². The van der Waals surface area contributed by atoms with Gasteiger partial charge in [0.1, 0.15) is 11.0 Å². The molecule has 0 fully saturated rings. The van der Waals surface area contributed by atoms with Crippen molar-refractivity contribution in [1.29, 1.82) is 0 Å². The molecule has 0 saturated heterocycles. The summed E-state index contributed by atoms with van der Waals surface area (Å²) in [6, 6.07) is 5.80. The average molecular weight is 206 g/mol. The van der Waals surface area contributed by atoms with E-state index in [1.54, 1.807) is 6.34 Å². The SMILES string of the molecule is CN(C)C=Nc1ccc2nsnc2c1. The second kappa shape index (κ2) is 3.71. The van der Waals surface area contributed by atoms with Crippen LogP contribution in [0.2, 0.25) is 0 Å². The second-order valence-electron chi connectivity index (χ2n) is 3.15. The summed E-state index contributed by atoms with van der Waals surface area (Å²) in [7, 11) is 3.87. The van der Waals surface area contributed by atoms with Crippen molar-refractivity contribution in [1.82, 2.24) is 13.6 Å². The van der Waals surface area contributed by atoms with E-state index in [9.17, 15) is 0 Å². The number of aromatic nitrogens is 2. The standard InChI is InChI=1S/C9H10N4S/c1-13(2)6-10-7-3-4-8-9(5-7)12-14-11-8/h3-6H,1-2H3. The van der Waals surface area contributed by atoms with E-state index >= 15 is 0 Å². The van der Waals surface area contributed by atoms with Crippen LogP contribution < -0.4 is 0 Å². The first kappa shape index (κ1) is 9.08. The van der Waals surface area contributed by atoms with E-state index in [2.05, 4.69) is 13.7 Å². The molecule has 1 heterocycles. The molecule has 0 N–H and O–H groups in total. The quantitative estimate of drug-likeness (QED) is 0.556. The number of fused-ring (bicyclic) bond motifs is 1. The lowest BCUT2D eigenvalue weighted by Crippen LogP contribution is -2.06. The van der Waals surface area contributed by atoms with Gasteiger partial charge in [-0.1, -0.05) is 0 Å². The minimum absolute atomic E-state index is 0.902. The van der Waals surface area contributed by atoms with Gasteiger partial charge in [0.2, 0.25) is 0 Å². The van der Waals surface area contributed by atoms with Gasteiger partial charge in [-0.05, 0) is 18.2 Å². The number of hydrogen-bond donors (Lipinski definition) is 0. The van der Waals surface area contributed by atoms with E-state index in [1.807, 2.05) is 37.2 Å². The Balaban J connectivity index is 2.34. The van der Waals surface area contributed by atoms with E-state index in [-0.39, 0.29) is 0 Å². The summed E-state index contributed by atoms with van der Waals surface area (Å²) in [5.41, 5.74) is 2.74. The summed E-state index contributed by atoms with van der Waals surface area (Å²) >= 11 is 1.22. The van der Waals surface area contributed by atoms with Gasteiger partial charge in [0.25, 0.3) is 0 Å². The van der Waals surface area contributed by atoms with Crippen LogP contribution in [-0.2, 0) is 0 Å². The zero-order chi connectivity index (χ0) is 9.97. The summed E-state index contributed by atoms with van der Waals surface area (Å²) in [6.07, 6.45) is 1.76. The summed E-state index contributed by atoms with van der Waals surface area (Å²) in [4.78, 5) is 6.17. The van der Waals surface area contributed by atoms with Crippen LogP contribution in [0.3, 0.4) is 0 Å². The highest BCUT2D eigenvalue weighted by atomic mass is 32.1. The van der Waals surface area contributed by atoms with Crippen LogP contribution in [0.15, 0.2) is 23.2 Å². The molecule has 1 aromatic carbocycles. The Hall–Kier alpha value is -1.49. The summed E-state index contributed by atoms with van der Waals surface area (Å²) in [6.45, 7) is 0. The molecular weight excluding hydrogens is 196 g/mol. The number of aliphatic imine (C=N–C) groups is 1. The van der Waals surface area contributed by atoms with Gasteiger partial charge in [-0.3, -0.25) is 0 Å². The first-order valence-electron chi connectivity index (χ1n) is 4.18. The minimum atomic E-state index is 0.902. The van der Waals surface area contributed by atoms with Gasteiger partial charge in [0, 0.05) is 14.1 Å². The normalized spacial score (nSPS) is 11.3. The number of hydrogen-bond acceptors (Lipinski definition) is 4. The molecule has 72 valence electrons. The third kappa shape index (κ3) is 1.88. The van der Waals surface area contributed by atoms with Crippen LogP contribution in [0, 0.1) is 0 Å². The van der Waals surface area contributed by atoms with E-state index < -0.39 is 0 Å². The number of rotatable bonds is 2. The summed E-state index contributed by atoms with van der Waals surface area (Å²) < 4.78 is 8.27. The largest absolute Gasteiger partial charge is 0.369 e. The third-order valence-electron chi connectivity index (χ3n) is 1.68. The molecule has 0 radical (unpaired) electrons. The molecule has 0 atom stereocenters. The second-order valence-corrected chi connectivity index (χ2v) is 3.67. The van der Waals surface area contributed by atoms with Crippen LogP contribution in [0.25, 0.3) is 11.0 Å². The van der Waals surface area contributed by atoms with Gasteiger partial charge < -0.3 is 4.90 Å². The lowest BCUT2D eigenvalue weighted by molar-refractivity contribution is 0.643. The van der Waals surface area contributed by atoms with Gasteiger partial charge >= 0.3 is 0 Å². The van der Waals surface area contributed by atoms with Gasteiger partial charge in [-0.25, -0.2) is 4.99 Å². The molecule has 0 aliphatic rings. The lowest BCUT2D eigenvalue weighted by atomic mass is 10.3. The van der Waals surface area contributed by atoms with E-state index in [0.29, 0.717) is 0 Å². The van der Waals surface area contributed by atoms with Crippen LogP contribution in [0.4, 0.5) is 5.69 Å². The molecule has 2 rings (SSSR count). The topological polar surface area (TPSA) is 41.4 Å². The molecule has 0 bridgehead atoms. The molecule has 0 unspecified atom stereocenters. The lowest BCUT2D eigenvalue weighted by Gasteiger charge is -2.01. The Morgan fingerprint density at radius 2 is 2.07 bits per heavy atom. The Morgan fingerprint density at radius 1 is 1.29 bits per heavy atom. The van der Waals surface area contributed by atoms with Crippen LogP contribution in [-0.4, -0.2) is 34.1 Å². The van der Waals surface area contributed by atoms with Crippen molar-refractivity contribution < 1.29 is 0 Å². The molecule has 1 aromatic heterocycles. The average Bonchev–Trinajstić information content (AvgIpc) is 2.61. The van der Waals surface area contributed by atoms with Crippen molar-refractivity contribution in [3.8, 4) is 0 Å². The Labute approximate surface area is 86.2 Å². The highest BCUT2D eigenvalue weighted by Crippen LogP contribution is 2.18. The maximum absolute atomic E-state index is 4.27. The fraction of sp³-hybridized carbons (Fsp3) is 0.222. The fourth-order valence-electron chi connectivity index (χ4n) is 1.03. The highest BCUT2D eigenvalue weighted by molar-refractivity contribution is 7.00. The van der Waals surface area contributed by atoms with Crippen LogP contribution >= 0.6 is 11.7 Å². The maximum atomic E-state index is 4.27. The van der Waals surface area contributed by atoms with Crippen LogP contribution in [0.5, 0.6) is 0 Å². The van der Waals surface area contributed by atoms with Gasteiger partial charge in [-0.2, -0.15) is 8.75 Å². The molecule has 14 heavy (non-hydrogen) atoms. The Bertz CT molecular complexity index is 461. The monoisotopic (exact) mass is 206 g/mol. The van der Waals surface area contributed by atoms with Crippen LogP contribution in [0.1, 0.15) is 0 Å². The number of benzene rings is 1. The molecule has 5 heteroatoms. The maximum Gasteiger partial charge on any atom is 0.106 e. The molecule has 4 nitrogen and oxygen atoms in total. The predicted octanol–water partition coefficient (Wildman–Crippen LogP) is 1.91. The molecule has 0 aliphatic heterocycles. The van der Waals surface area contributed by atoms with Crippen molar-refractivity contribution >= 4 is 34.8 Å². The first-order valence-corrected chi connectivity index (χ1v) is 4.92. The predicted molar refractivity (Wildman–Crippen MR) is 59.3 cm³/mol. The summed E-state index contributed by atoms with van der Waals surface area (Å²) in [5, 5.41) is 0. The summed E-state index contributed by atoms with van der Waals surface area (Å²) in [5.74, 6) is 0. The Kier molecular flexibility index (Phi) is 2.41. The number of nitrogens with zero attached hydrogens (tertiary/aromatic N) is 4. The molecule has 0 saturated carbocycles. The van der Waals surface area contributed by atoms with E-state index in [0.717, 1.165) is 16.7 Å². The Morgan fingerprint density at radius 3 is 2.86 bits per heavy atom. The van der Waals surface area contributed by atoms with Gasteiger partial charge in [0.05, 0.1) is 23.8 Å². The molecule has 2 aromatic rings. The first-order chi connectivity index (χ1) is 6.75. The third-order valence-corrected chi connectivity index (χ3v) is 2.23. The van der Waals surface area contributed by atoms with Gasteiger partial charge in [-0.15, -0.1) is 0 Å². The molecule has 0 amide bonds. The minimum Gasteiger partial charge on any atom is -0.369 e. The highest BCUT2D eigenvalue weighted by Gasteiger charge is 1.97. The molecular formula is C9H10N4S. The van der Waals surface area contributed by atoms with Crippen molar-refractivity contribution in [2.75, 3.05) is 14.1 Å². The van der Waals surface area contributed by atoms with E-state index in [1.165, 1.54) is 11.7 Å². The van der Waals surface area contributed by atoms with Crippen molar-refractivity contribution in [3.63, 3.8) is 0 Å². The van der Waals surface area contributed by atoms with Crippen molar-refractivity contribution in [2.24, 2.45) is 4.99 Å². The van der Waals surface area contributed by atoms with Gasteiger partial charge in [0.15, 0.2) is 0 Å². The molecule has 0 spiro atoms.